The molecule has 0 aliphatic rings. The molecule has 142 valence electrons. The molecule has 10 heteroatoms. The Morgan fingerprint density at radius 1 is 1.32 bits per heavy atom. The summed E-state index contributed by atoms with van der Waals surface area (Å²) in [5.74, 6) is -0.288. The zero-order valence-electron chi connectivity index (χ0n) is 14.0. The Kier molecular flexibility index (Phi) is 7.13. The fraction of sp³-hybridized carbons (Fsp3) is 0.533. The van der Waals surface area contributed by atoms with Crippen molar-refractivity contribution in [3.8, 4) is 0 Å². The summed E-state index contributed by atoms with van der Waals surface area (Å²) < 4.78 is 63.1. The fourth-order valence-corrected chi connectivity index (χ4v) is 3.08. The number of sulfonamides is 1. The first-order chi connectivity index (χ1) is 11.3. The van der Waals surface area contributed by atoms with E-state index in [1.165, 1.54) is 0 Å². The maximum Gasteiger partial charge on any atom is 0.416 e. The summed E-state index contributed by atoms with van der Waals surface area (Å²) in [4.78, 5) is 12.0. The monoisotopic (exact) mass is 400 g/mol. The molecular weight excluding hydrogens is 381 g/mol. The Morgan fingerprint density at radius 3 is 2.40 bits per heavy atom. The number of carbonyl (C=O) groups excluding carboxylic acids is 1. The first kappa shape index (κ1) is 21.6. The second-order valence-electron chi connectivity index (χ2n) is 5.97. The van der Waals surface area contributed by atoms with Crippen LogP contribution >= 0.6 is 11.6 Å². The van der Waals surface area contributed by atoms with E-state index < -0.39 is 39.9 Å². The number of anilines is 1. The largest absolute Gasteiger partial charge is 0.416 e. The van der Waals surface area contributed by atoms with Gasteiger partial charge in [0, 0.05) is 6.54 Å². The lowest BCUT2D eigenvalue weighted by Crippen LogP contribution is -2.41. The summed E-state index contributed by atoms with van der Waals surface area (Å²) >= 11 is 5.87. The van der Waals surface area contributed by atoms with Crippen LogP contribution in [0.3, 0.4) is 0 Å². The summed E-state index contributed by atoms with van der Waals surface area (Å²) in [6.07, 6.45) is -3.18. The van der Waals surface area contributed by atoms with Gasteiger partial charge in [-0.05, 0) is 30.5 Å². The van der Waals surface area contributed by atoms with Crippen LogP contribution in [0.5, 0.6) is 0 Å². The highest BCUT2D eigenvalue weighted by Gasteiger charge is 2.33. The Labute approximate surface area is 150 Å². The molecule has 1 aromatic rings. The van der Waals surface area contributed by atoms with Crippen molar-refractivity contribution in [2.75, 3.05) is 23.7 Å². The minimum Gasteiger partial charge on any atom is -0.355 e. The summed E-state index contributed by atoms with van der Waals surface area (Å²) in [6.45, 7) is 3.59. The number of nitrogens with zero attached hydrogens (tertiary/aromatic N) is 1. The van der Waals surface area contributed by atoms with Crippen LogP contribution in [0.25, 0.3) is 0 Å². The second kappa shape index (κ2) is 8.27. The van der Waals surface area contributed by atoms with Crippen LogP contribution in [0.1, 0.15) is 25.8 Å². The number of hydrogen-bond donors (Lipinski definition) is 1. The molecule has 0 bridgehead atoms. The van der Waals surface area contributed by atoms with E-state index in [1.54, 1.807) is 0 Å². The number of nitrogens with one attached hydrogen (secondary N) is 1. The molecule has 0 saturated carbocycles. The lowest BCUT2D eigenvalue weighted by molar-refractivity contribution is -0.137. The maximum atomic E-state index is 12.9. The molecule has 1 rings (SSSR count). The van der Waals surface area contributed by atoms with E-state index in [0.717, 1.165) is 18.4 Å². The highest BCUT2D eigenvalue weighted by atomic mass is 35.5. The molecule has 0 aliphatic carbocycles. The van der Waals surface area contributed by atoms with E-state index in [-0.39, 0.29) is 5.02 Å². The molecule has 0 heterocycles. The highest BCUT2D eigenvalue weighted by molar-refractivity contribution is 7.92. The van der Waals surface area contributed by atoms with E-state index in [0.29, 0.717) is 29.3 Å². The Balaban J connectivity index is 3.11. The normalized spacial score (nSPS) is 12.3. The Hall–Kier alpha value is -1.48. The van der Waals surface area contributed by atoms with Gasteiger partial charge in [-0.15, -0.1) is 0 Å². The van der Waals surface area contributed by atoms with Gasteiger partial charge in [0.15, 0.2) is 0 Å². The summed E-state index contributed by atoms with van der Waals surface area (Å²) in [7, 11) is -4.02. The third-order valence-corrected chi connectivity index (χ3v) is 4.72. The van der Waals surface area contributed by atoms with Gasteiger partial charge in [-0.1, -0.05) is 25.4 Å². The molecule has 1 aromatic carbocycles. The summed E-state index contributed by atoms with van der Waals surface area (Å²) in [6, 6.07) is 2.31. The maximum absolute atomic E-state index is 12.9. The second-order valence-corrected chi connectivity index (χ2v) is 8.28. The van der Waals surface area contributed by atoms with Gasteiger partial charge in [0.1, 0.15) is 6.54 Å². The first-order valence-electron chi connectivity index (χ1n) is 7.43. The van der Waals surface area contributed by atoms with Gasteiger partial charge in [-0.2, -0.15) is 13.2 Å². The van der Waals surface area contributed by atoms with Crippen LogP contribution in [0.4, 0.5) is 18.9 Å². The van der Waals surface area contributed by atoms with E-state index in [9.17, 15) is 26.4 Å². The zero-order valence-corrected chi connectivity index (χ0v) is 15.6. The van der Waals surface area contributed by atoms with E-state index >= 15 is 0 Å². The van der Waals surface area contributed by atoms with Crippen molar-refractivity contribution in [3.05, 3.63) is 28.8 Å². The fourth-order valence-electron chi connectivity index (χ4n) is 1.95. The van der Waals surface area contributed by atoms with Crippen LogP contribution in [0, 0.1) is 5.92 Å². The predicted molar refractivity (Wildman–Crippen MR) is 91.1 cm³/mol. The number of hydrogen-bond acceptors (Lipinski definition) is 3. The van der Waals surface area contributed by atoms with Crippen LogP contribution in [-0.4, -0.2) is 33.7 Å². The molecule has 0 aromatic heterocycles. The van der Waals surface area contributed by atoms with Crippen molar-refractivity contribution >= 4 is 33.2 Å². The van der Waals surface area contributed by atoms with Crippen molar-refractivity contribution in [3.63, 3.8) is 0 Å². The van der Waals surface area contributed by atoms with Crippen LogP contribution in [0.2, 0.25) is 5.02 Å². The average Bonchev–Trinajstić information content (AvgIpc) is 2.42. The molecule has 0 unspecified atom stereocenters. The molecule has 1 N–H and O–H groups in total. The number of halogens is 4. The number of rotatable bonds is 7. The van der Waals surface area contributed by atoms with Crippen molar-refractivity contribution in [1.29, 1.82) is 0 Å². The minimum atomic E-state index is -4.66. The highest BCUT2D eigenvalue weighted by Crippen LogP contribution is 2.36. The topological polar surface area (TPSA) is 66.5 Å². The van der Waals surface area contributed by atoms with Gasteiger partial charge >= 0.3 is 6.18 Å². The number of amides is 1. The van der Waals surface area contributed by atoms with Crippen molar-refractivity contribution in [2.24, 2.45) is 5.92 Å². The number of alkyl halides is 3. The SMILES string of the molecule is CC(C)CCNC(=O)CN(c1cc(C(F)(F)F)ccc1Cl)S(C)(=O)=O. The smallest absolute Gasteiger partial charge is 0.355 e. The molecule has 0 fully saturated rings. The van der Waals surface area contributed by atoms with Gasteiger partial charge in [0.2, 0.25) is 15.9 Å². The van der Waals surface area contributed by atoms with Gasteiger partial charge in [0.25, 0.3) is 0 Å². The molecule has 25 heavy (non-hydrogen) atoms. The molecule has 0 saturated heterocycles. The van der Waals surface area contributed by atoms with Gasteiger partial charge in [-0.25, -0.2) is 8.42 Å². The molecule has 0 radical (unpaired) electrons. The van der Waals surface area contributed by atoms with Crippen LogP contribution < -0.4 is 9.62 Å². The van der Waals surface area contributed by atoms with Crippen molar-refractivity contribution in [1.82, 2.24) is 5.32 Å². The summed E-state index contributed by atoms with van der Waals surface area (Å²) in [5.41, 5.74) is -1.45. The molecule has 5 nitrogen and oxygen atoms in total. The van der Waals surface area contributed by atoms with Crippen molar-refractivity contribution < 1.29 is 26.4 Å². The van der Waals surface area contributed by atoms with E-state index in [1.807, 2.05) is 13.8 Å². The Morgan fingerprint density at radius 2 is 1.92 bits per heavy atom. The molecule has 0 atom stereocenters. The Bertz CT molecular complexity index is 721. The van der Waals surface area contributed by atoms with Crippen LogP contribution in [0.15, 0.2) is 18.2 Å². The van der Waals surface area contributed by atoms with Gasteiger partial charge < -0.3 is 5.32 Å². The molecule has 1 amide bonds. The first-order valence-corrected chi connectivity index (χ1v) is 9.66. The third-order valence-electron chi connectivity index (χ3n) is 3.27. The quantitative estimate of drug-likeness (QED) is 0.763. The van der Waals surface area contributed by atoms with Crippen LogP contribution in [-0.2, 0) is 21.0 Å². The van der Waals surface area contributed by atoms with Gasteiger partial charge in [-0.3, -0.25) is 9.10 Å². The minimum absolute atomic E-state index is 0.201. The molecule has 0 spiro atoms. The van der Waals surface area contributed by atoms with E-state index in [4.69, 9.17) is 11.6 Å². The predicted octanol–water partition coefficient (Wildman–Crippen LogP) is 3.29. The summed E-state index contributed by atoms with van der Waals surface area (Å²) in [5, 5.41) is 2.34. The standard InChI is InChI=1S/C15H20ClF3N2O3S/c1-10(2)6-7-20-14(22)9-21(25(3,23)24)13-8-11(15(17,18)19)4-5-12(13)16/h4-5,8,10H,6-7,9H2,1-3H3,(H,20,22). The van der Waals surface area contributed by atoms with Gasteiger partial charge in [0.05, 0.1) is 22.5 Å². The molecule has 0 aliphatic heterocycles. The zero-order chi connectivity index (χ0) is 19.4. The van der Waals surface area contributed by atoms with E-state index in [2.05, 4.69) is 5.32 Å². The average molecular weight is 401 g/mol. The number of benzene rings is 1. The lowest BCUT2D eigenvalue weighted by Gasteiger charge is -2.24. The third kappa shape index (κ3) is 6.74. The lowest BCUT2D eigenvalue weighted by atomic mass is 10.1. The molecular formula is C15H20ClF3N2O3S. The van der Waals surface area contributed by atoms with Crippen molar-refractivity contribution in [2.45, 2.75) is 26.4 Å². The number of carbonyl (C=O) groups is 1.